The van der Waals surface area contributed by atoms with Crippen LogP contribution in [-0.4, -0.2) is 23.7 Å². The molecule has 1 aromatic heterocycles. The van der Waals surface area contributed by atoms with E-state index in [0.29, 0.717) is 11.8 Å². The predicted octanol–water partition coefficient (Wildman–Crippen LogP) is 5.28. The fourth-order valence-electron chi connectivity index (χ4n) is 4.16. The standard InChI is InChI=1S/C23H31ClN2O/c1-23(2)15-21(10-13-27-23)19(14-20-7-3-4-8-22(20)24)9-12-26-17-18-6-5-11-25-16-18/h3-8,11,16,19,21,26H,9-10,12-15,17H2,1-2H3/t19-,21-/m1/s1. The molecular weight excluding hydrogens is 356 g/mol. The van der Waals surface area contributed by atoms with Crippen molar-refractivity contribution >= 4 is 11.6 Å². The first-order valence-electron chi connectivity index (χ1n) is 10.0. The minimum absolute atomic E-state index is 0.0230. The average Bonchev–Trinajstić information content (AvgIpc) is 2.66. The van der Waals surface area contributed by atoms with Gasteiger partial charge in [0.15, 0.2) is 0 Å². The molecule has 2 atom stereocenters. The number of benzene rings is 1. The maximum atomic E-state index is 6.46. The molecule has 4 heteroatoms. The highest BCUT2D eigenvalue weighted by atomic mass is 35.5. The van der Waals surface area contributed by atoms with Crippen LogP contribution in [0.25, 0.3) is 0 Å². The average molecular weight is 387 g/mol. The summed E-state index contributed by atoms with van der Waals surface area (Å²) in [6.45, 7) is 7.16. The molecule has 0 radical (unpaired) electrons. The summed E-state index contributed by atoms with van der Waals surface area (Å²) in [6.07, 6.45) is 8.18. The van der Waals surface area contributed by atoms with Gasteiger partial charge in [0, 0.05) is 30.6 Å². The monoisotopic (exact) mass is 386 g/mol. The molecule has 2 aromatic rings. The molecular formula is C23H31ClN2O. The predicted molar refractivity (Wildman–Crippen MR) is 112 cm³/mol. The third-order valence-electron chi connectivity index (χ3n) is 5.59. The highest BCUT2D eigenvalue weighted by Crippen LogP contribution is 2.37. The van der Waals surface area contributed by atoms with Crippen molar-refractivity contribution in [1.82, 2.24) is 10.3 Å². The van der Waals surface area contributed by atoms with Gasteiger partial charge in [0.1, 0.15) is 0 Å². The largest absolute Gasteiger partial charge is 0.376 e. The van der Waals surface area contributed by atoms with Crippen molar-refractivity contribution in [1.29, 1.82) is 0 Å². The zero-order chi connectivity index (χ0) is 19.1. The molecule has 146 valence electrons. The number of pyridine rings is 1. The normalized spacial score (nSPS) is 20.3. The molecule has 3 nitrogen and oxygen atoms in total. The number of halogens is 1. The Balaban J connectivity index is 1.61. The smallest absolute Gasteiger partial charge is 0.0629 e. The van der Waals surface area contributed by atoms with E-state index in [-0.39, 0.29) is 5.60 Å². The number of hydrogen-bond donors (Lipinski definition) is 1. The number of nitrogens with one attached hydrogen (secondary N) is 1. The Morgan fingerprint density at radius 1 is 1.26 bits per heavy atom. The SMILES string of the molecule is CC1(C)C[C@H]([C@H](CCNCc2cccnc2)Cc2ccccc2Cl)CCO1. The summed E-state index contributed by atoms with van der Waals surface area (Å²) in [5.41, 5.74) is 2.47. The lowest BCUT2D eigenvalue weighted by atomic mass is 9.75. The van der Waals surface area contributed by atoms with Crippen molar-refractivity contribution in [2.75, 3.05) is 13.2 Å². The molecule has 2 heterocycles. The molecule has 1 N–H and O–H groups in total. The van der Waals surface area contributed by atoms with Gasteiger partial charge in [-0.2, -0.15) is 0 Å². The Morgan fingerprint density at radius 3 is 2.85 bits per heavy atom. The van der Waals surface area contributed by atoms with E-state index in [2.05, 4.69) is 42.3 Å². The minimum Gasteiger partial charge on any atom is -0.376 e. The molecule has 0 amide bonds. The van der Waals surface area contributed by atoms with E-state index in [0.717, 1.165) is 50.4 Å². The number of ether oxygens (including phenoxy) is 1. The summed E-state index contributed by atoms with van der Waals surface area (Å²) in [6, 6.07) is 12.4. The van der Waals surface area contributed by atoms with Crippen LogP contribution in [0, 0.1) is 11.8 Å². The second-order valence-electron chi connectivity index (χ2n) is 8.24. The van der Waals surface area contributed by atoms with Crippen LogP contribution in [0.1, 0.15) is 44.2 Å². The molecule has 0 saturated carbocycles. The Morgan fingerprint density at radius 2 is 2.11 bits per heavy atom. The maximum Gasteiger partial charge on any atom is 0.0629 e. The van der Waals surface area contributed by atoms with E-state index in [1.54, 1.807) is 0 Å². The number of hydrogen-bond acceptors (Lipinski definition) is 3. The van der Waals surface area contributed by atoms with Crippen LogP contribution in [0.2, 0.25) is 5.02 Å². The van der Waals surface area contributed by atoms with Gasteiger partial charge >= 0.3 is 0 Å². The zero-order valence-electron chi connectivity index (χ0n) is 16.5. The van der Waals surface area contributed by atoms with Crippen molar-refractivity contribution in [3.63, 3.8) is 0 Å². The first kappa shape index (κ1) is 20.3. The Kier molecular flexibility index (Phi) is 7.28. The molecule has 3 rings (SSSR count). The molecule has 1 aliphatic heterocycles. The lowest BCUT2D eigenvalue weighted by Gasteiger charge is -2.39. The summed E-state index contributed by atoms with van der Waals surface area (Å²) in [7, 11) is 0. The molecule has 0 spiro atoms. The Labute approximate surface area is 168 Å². The number of aromatic nitrogens is 1. The molecule has 27 heavy (non-hydrogen) atoms. The van der Waals surface area contributed by atoms with Gasteiger partial charge in [-0.05, 0) is 81.2 Å². The van der Waals surface area contributed by atoms with Gasteiger partial charge in [-0.1, -0.05) is 35.9 Å². The topological polar surface area (TPSA) is 34.2 Å². The lowest BCUT2D eigenvalue weighted by Crippen LogP contribution is -2.38. The van der Waals surface area contributed by atoms with Crippen molar-refractivity contribution in [3.8, 4) is 0 Å². The molecule has 1 aliphatic rings. The zero-order valence-corrected chi connectivity index (χ0v) is 17.2. The van der Waals surface area contributed by atoms with Gasteiger partial charge < -0.3 is 10.1 Å². The highest BCUT2D eigenvalue weighted by molar-refractivity contribution is 6.31. The summed E-state index contributed by atoms with van der Waals surface area (Å²) < 4.78 is 5.95. The van der Waals surface area contributed by atoms with Gasteiger partial charge in [-0.3, -0.25) is 4.98 Å². The number of rotatable bonds is 8. The third kappa shape index (κ3) is 6.31. The van der Waals surface area contributed by atoms with E-state index in [1.165, 1.54) is 11.1 Å². The molecule has 0 bridgehead atoms. The first-order valence-corrected chi connectivity index (χ1v) is 10.4. The van der Waals surface area contributed by atoms with Gasteiger partial charge in [0.25, 0.3) is 0 Å². The van der Waals surface area contributed by atoms with E-state index < -0.39 is 0 Å². The van der Waals surface area contributed by atoms with Crippen LogP contribution in [-0.2, 0) is 17.7 Å². The maximum absolute atomic E-state index is 6.46. The van der Waals surface area contributed by atoms with Gasteiger partial charge in [0.05, 0.1) is 5.60 Å². The van der Waals surface area contributed by atoms with E-state index in [9.17, 15) is 0 Å². The van der Waals surface area contributed by atoms with E-state index in [4.69, 9.17) is 16.3 Å². The molecule has 0 aliphatic carbocycles. The quantitative estimate of drug-likeness (QED) is 0.627. The first-order chi connectivity index (χ1) is 13.0. The Bertz CT molecular complexity index is 705. The van der Waals surface area contributed by atoms with Gasteiger partial charge in [0.2, 0.25) is 0 Å². The second kappa shape index (κ2) is 9.68. The van der Waals surface area contributed by atoms with Crippen LogP contribution < -0.4 is 5.32 Å². The second-order valence-corrected chi connectivity index (χ2v) is 8.65. The summed E-state index contributed by atoms with van der Waals surface area (Å²) >= 11 is 6.46. The fourth-order valence-corrected chi connectivity index (χ4v) is 4.37. The third-order valence-corrected chi connectivity index (χ3v) is 5.95. The van der Waals surface area contributed by atoms with Gasteiger partial charge in [-0.25, -0.2) is 0 Å². The Hall–Kier alpha value is -1.42. The molecule has 1 saturated heterocycles. The van der Waals surface area contributed by atoms with E-state index in [1.807, 2.05) is 30.6 Å². The summed E-state index contributed by atoms with van der Waals surface area (Å²) in [5.74, 6) is 1.28. The van der Waals surface area contributed by atoms with Crippen molar-refractivity contribution in [3.05, 3.63) is 64.9 Å². The molecule has 1 fully saturated rings. The lowest BCUT2D eigenvalue weighted by molar-refractivity contribution is -0.0830. The van der Waals surface area contributed by atoms with Gasteiger partial charge in [-0.15, -0.1) is 0 Å². The minimum atomic E-state index is -0.0230. The van der Waals surface area contributed by atoms with Crippen LogP contribution in [0.15, 0.2) is 48.8 Å². The van der Waals surface area contributed by atoms with E-state index >= 15 is 0 Å². The molecule has 0 unspecified atom stereocenters. The molecule has 1 aromatic carbocycles. The summed E-state index contributed by atoms with van der Waals surface area (Å²) in [4.78, 5) is 4.18. The van der Waals surface area contributed by atoms with Crippen molar-refractivity contribution in [2.24, 2.45) is 11.8 Å². The number of nitrogens with zero attached hydrogens (tertiary/aromatic N) is 1. The summed E-state index contributed by atoms with van der Waals surface area (Å²) in [5, 5.41) is 4.47. The van der Waals surface area contributed by atoms with Crippen LogP contribution in [0.4, 0.5) is 0 Å². The van der Waals surface area contributed by atoms with Crippen LogP contribution in [0.3, 0.4) is 0 Å². The fraction of sp³-hybridized carbons (Fsp3) is 0.522. The van der Waals surface area contributed by atoms with Crippen molar-refractivity contribution in [2.45, 2.75) is 51.7 Å². The highest BCUT2D eigenvalue weighted by Gasteiger charge is 2.33. The van der Waals surface area contributed by atoms with Crippen molar-refractivity contribution < 1.29 is 4.74 Å². The van der Waals surface area contributed by atoms with Crippen LogP contribution >= 0.6 is 11.6 Å². The van der Waals surface area contributed by atoms with Crippen LogP contribution in [0.5, 0.6) is 0 Å².